The van der Waals surface area contributed by atoms with E-state index in [1.807, 2.05) is 45.0 Å². The van der Waals surface area contributed by atoms with Crippen LogP contribution in [-0.4, -0.2) is 24.6 Å². The maximum Gasteiger partial charge on any atom is 0.258 e. The lowest BCUT2D eigenvalue weighted by Gasteiger charge is -2.21. The fraction of sp³-hybridized carbons (Fsp3) is 0.381. The van der Waals surface area contributed by atoms with Crippen molar-refractivity contribution < 1.29 is 9.53 Å². The molecule has 27 heavy (non-hydrogen) atoms. The maximum atomic E-state index is 12.0. The van der Waals surface area contributed by atoms with E-state index in [2.05, 4.69) is 50.8 Å². The Morgan fingerprint density at radius 3 is 2.48 bits per heavy atom. The topological polar surface area (TPSA) is 50.4 Å². The zero-order valence-electron chi connectivity index (χ0n) is 16.0. The van der Waals surface area contributed by atoms with Gasteiger partial charge >= 0.3 is 0 Å². The minimum Gasteiger partial charge on any atom is -0.483 e. The minimum atomic E-state index is -0.262. The van der Waals surface area contributed by atoms with Crippen LogP contribution >= 0.6 is 28.3 Å². The Bertz CT molecular complexity index is 718. The molecule has 0 aliphatic heterocycles. The maximum absolute atomic E-state index is 12.0. The van der Waals surface area contributed by atoms with Gasteiger partial charge in [0.1, 0.15) is 5.75 Å². The Labute approximate surface area is 176 Å². The van der Waals surface area contributed by atoms with Gasteiger partial charge in [0.2, 0.25) is 0 Å². The summed E-state index contributed by atoms with van der Waals surface area (Å²) in [6.45, 7) is 7.42. The van der Waals surface area contributed by atoms with Gasteiger partial charge in [0, 0.05) is 22.1 Å². The van der Waals surface area contributed by atoms with Crippen LogP contribution in [0.3, 0.4) is 0 Å². The number of hydrogen-bond donors (Lipinski definition) is 2. The van der Waals surface area contributed by atoms with Crippen LogP contribution in [0.4, 0.5) is 0 Å². The van der Waals surface area contributed by atoms with Crippen molar-refractivity contribution in [3.8, 4) is 5.75 Å². The molecule has 0 aromatic heterocycles. The highest BCUT2D eigenvalue weighted by Crippen LogP contribution is 2.23. The molecule has 0 aliphatic carbocycles. The van der Waals surface area contributed by atoms with Gasteiger partial charge in [0.25, 0.3) is 5.91 Å². The molecule has 2 N–H and O–H groups in total. The molecule has 0 spiro atoms. The van der Waals surface area contributed by atoms with Crippen LogP contribution in [0.5, 0.6) is 5.75 Å². The average Bonchev–Trinajstić information content (AvgIpc) is 2.57. The van der Waals surface area contributed by atoms with Gasteiger partial charge in [-0.05, 0) is 57.5 Å². The molecule has 1 amide bonds. The molecule has 0 atom stereocenters. The van der Waals surface area contributed by atoms with Gasteiger partial charge in [0.05, 0.1) is 0 Å². The summed E-state index contributed by atoms with van der Waals surface area (Å²) in [6.07, 6.45) is 0.971. The molecule has 148 valence electrons. The van der Waals surface area contributed by atoms with Crippen LogP contribution < -0.4 is 15.4 Å². The van der Waals surface area contributed by atoms with Crippen molar-refractivity contribution in [1.29, 1.82) is 0 Å². The van der Waals surface area contributed by atoms with Crippen molar-refractivity contribution in [1.82, 2.24) is 10.6 Å². The monoisotopic (exact) mass is 454 g/mol. The number of rotatable bonds is 8. The third kappa shape index (κ3) is 9.27. The van der Waals surface area contributed by atoms with Gasteiger partial charge in [0.15, 0.2) is 6.61 Å². The number of carbonyl (C=O) groups excluding carboxylic acids is 1. The number of hydrogen-bond acceptors (Lipinski definition) is 3. The van der Waals surface area contributed by atoms with E-state index in [-0.39, 0.29) is 30.5 Å². The Kier molecular flexibility index (Phi) is 9.84. The smallest absolute Gasteiger partial charge is 0.258 e. The molecule has 0 aliphatic rings. The van der Waals surface area contributed by atoms with E-state index in [4.69, 9.17) is 4.74 Å². The average molecular weight is 456 g/mol. The molecule has 2 rings (SSSR count). The highest BCUT2D eigenvalue weighted by Gasteiger charge is 2.14. The number of halogens is 2. The Balaban J connectivity index is 0.00000364. The number of ether oxygens (including phenoxy) is 1. The number of nitrogens with one attached hydrogen (secondary N) is 2. The van der Waals surface area contributed by atoms with Crippen LogP contribution in [-0.2, 0) is 17.8 Å². The molecular weight excluding hydrogens is 428 g/mol. The predicted molar refractivity (Wildman–Crippen MR) is 117 cm³/mol. The molecule has 0 unspecified atom stereocenters. The molecule has 2 aromatic carbocycles. The summed E-state index contributed by atoms with van der Waals surface area (Å²) in [6, 6.07) is 16.2. The Hall–Kier alpha value is -1.56. The van der Waals surface area contributed by atoms with E-state index in [0.717, 1.165) is 28.8 Å². The van der Waals surface area contributed by atoms with Crippen molar-refractivity contribution in [2.75, 3.05) is 13.2 Å². The molecule has 0 heterocycles. The summed E-state index contributed by atoms with van der Waals surface area (Å²) < 4.78 is 6.73. The van der Waals surface area contributed by atoms with Crippen molar-refractivity contribution in [2.24, 2.45) is 0 Å². The Morgan fingerprint density at radius 2 is 1.81 bits per heavy atom. The second kappa shape index (κ2) is 11.3. The lowest BCUT2D eigenvalue weighted by molar-refractivity contribution is -0.124. The summed E-state index contributed by atoms with van der Waals surface area (Å²) in [5, 5.41) is 6.34. The van der Waals surface area contributed by atoms with Gasteiger partial charge in [-0.25, -0.2) is 0 Å². The first-order chi connectivity index (χ1) is 12.3. The van der Waals surface area contributed by atoms with Gasteiger partial charge in [-0.2, -0.15) is 0 Å². The van der Waals surface area contributed by atoms with E-state index in [1.165, 1.54) is 5.56 Å². The number of benzene rings is 2. The fourth-order valence-corrected chi connectivity index (χ4v) is 2.93. The molecule has 2 aromatic rings. The highest BCUT2D eigenvalue weighted by molar-refractivity contribution is 9.10. The standard InChI is InChI=1S/C21H27BrN2O2.ClH/c1-21(2,3)24-20(25)15-26-19-10-9-18(22)13-17(19)14-23-12-11-16-7-5-4-6-8-16;/h4-10,13,23H,11-12,14-15H2,1-3H3,(H,24,25);1H. The van der Waals surface area contributed by atoms with Crippen LogP contribution in [0, 0.1) is 0 Å². The lowest BCUT2D eigenvalue weighted by atomic mass is 10.1. The lowest BCUT2D eigenvalue weighted by Crippen LogP contribution is -2.43. The largest absolute Gasteiger partial charge is 0.483 e. The molecule has 6 heteroatoms. The highest BCUT2D eigenvalue weighted by atomic mass is 79.9. The normalized spacial score (nSPS) is 10.8. The van der Waals surface area contributed by atoms with Crippen molar-refractivity contribution in [2.45, 2.75) is 39.3 Å². The first kappa shape index (κ1) is 23.5. The predicted octanol–water partition coefficient (Wildman–Crippen LogP) is 4.50. The third-order valence-electron chi connectivity index (χ3n) is 3.64. The first-order valence-corrected chi connectivity index (χ1v) is 9.60. The third-order valence-corrected chi connectivity index (χ3v) is 4.14. The number of carbonyl (C=O) groups is 1. The first-order valence-electron chi connectivity index (χ1n) is 8.80. The number of amides is 1. The molecule has 0 saturated heterocycles. The van der Waals surface area contributed by atoms with Gasteiger partial charge in [-0.15, -0.1) is 12.4 Å². The van der Waals surface area contributed by atoms with Gasteiger partial charge < -0.3 is 15.4 Å². The van der Waals surface area contributed by atoms with Crippen molar-refractivity contribution in [3.05, 3.63) is 64.1 Å². The zero-order valence-corrected chi connectivity index (χ0v) is 18.5. The Morgan fingerprint density at radius 1 is 1.11 bits per heavy atom. The zero-order chi connectivity index (χ0) is 19.0. The SMILES string of the molecule is CC(C)(C)NC(=O)COc1ccc(Br)cc1CNCCc1ccccc1.Cl. The summed E-state index contributed by atoms with van der Waals surface area (Å²) in [4.78, 5) is 12.0. The molecule has 0 radical (unpaired) electrons. The van der Waals surface area contributed by atoms with E-state index >= 15 is 0 Å². The molecule has 0 bridgehead atoms. The summed E-state index contributed by atoms with van der Waals surface area (Å²) in [7, 11) is 0. The molecule has 0 saturated carbocycles. The van der Waals surface area contributed by atoms with E-state index < -0.39 is 0 Å². The second-order valence-electron chi connectivity index (χ2n) is 7.25. The van der Waals surface area contributed by atoms with Gasteiger partial charge in [-0.3, -0.25) is 4.79 Å². The van der Waals surface area contributed by atoms with Gasteiger partial charge in [-0.1, -0.05) is 46.3 Å². The van der Waals surface area contributed by atoms with E-state index in [0.29, 0.717) is 6.54 Å². The summed E-state index contributed by atoms with van der Waals surface area (Å²) in [5.74, 6) is 0.605. The van der Waals surface area contributed by atoms with E-state index in [1.54, 1.807) is 0 Å². The van der Waals surface area contributed by atoms with Crippen LogP contribution in [0.1, 0.15) is 31.9 Å². The minimum absolute atomic E-state index is 0. The van der Waals surface area contributed by atoms with E-state index in [9.17, 15) is 4.79 Å². The van der Waals surface area contributed by atoms with Crippen LogP contribution in [0.2, 0.25) is 0 Å². The fourth-order valence-electron chi connectivity index (χ4n) is 2.53. The second-order valence-corrected chi connectivity index (χ2v) is 8.17. The molecular formula is C21H28BrClN2O2. The van der Waals surface area contributed by atoms with Crippen LogP contribution in [0.25, 0.3) is 0 Å². The van der Waals surface area contributed by atoms with Crippen molar-refractivity contribution >= 4 is 34.2 Å². The summed E-state index contributed by atoms with van der Waals surface area (Å²) >= 11 is 3.50. The van der Waals surface area contributed by atoms with Crippen molar-refractivity contribution in [3.63, 3.8) is 0 Å². The summed E-state index contributed by atoms with van der Waals surface area (Å²) in [5.41, 5.74) is 2.07. The molecule has 4 nitrogen and oxygen atoms in total. The van der Waals surface area contributed by atoms with Crippen LogP contribution in [0.15, 0.2) is 53.0 Å². The molecule has 0 fully saturated rings. The quantitative estimate of drug-likeness (QED) is 0.576.